The van der Waals surface area contributed by atoms with E-state index in [0.717, 1.165) is 47.7 Å². The van der Waals surface area contributed by atoms with Crippen LogP contribution in [0.1, 0.15) is 16.7 Å². The zero-order chi connectivity index (χ0) is 23.7. The highest BCUT2D eigenvalue weighted by molar-refractivity contribution is 5.47. The van der Waals surface area contributed by atoms with E-state index in [4.69, 9.17) is 28.4 Å². The quantitative estimate of drug-likeness (QED) is 0.647. The SMILES string of the molecule is C=Cc1ccc(COCCc2ccc3c(c2)OCCNCCOCCOCCOCCO3)cc1. The van der Waals surface area contributed by atoms with Crippen LogP contribution in [0.2, 0.25) is 0 Å². The van der Waals surface area contributed by atoms with Gasteiger partial charge < -0.3 is 33.7 Å². The van der Waals surface area contributed by atoms with Gasteiger partial charge in [-0.25, -0.2) is 0 Å². The average molecular weight is 472 g/mol. The number of benzene rings is 2. The predicted molar refractivity (Wildman–Crippen MR) is 133 cm³/mol. The lowest BCUT2D eigenvalue weighted by atomic mass is 10.1. The molecule has 0 saturated carbocycles. The van der Waals surface area contributed by atoms with Gasteiger partial charge in [-0.2, -0.15) is 0 Å². The largest absolute Gasteiger partial charge is 0.488 e. The van der Waals surface area contributed by atoms with Crippen molar-refractivity contribution in [1.82, 2.24) is 5.32 Å². The monoisotopic (exact) mass is 471 g/mol. The molecule has 0 bridgehead atoms. The third-order valence-electron chi connectivity index (χ3n) is 5.22. The van der Waals surface area contributed by atoms with Crippen molar-refractivity contribution in [3.8, 4) is 11.5 Å². The minimum absolute atomic E-state index is 0.449. The van der Waals surface area contributed by atoms with Gasteiger partial charge in [0.15, 0.2) is 11.5 Å². The highest BCUT2D eigenvalue weighted by atomic mass is 16.6. The van der Waals surface area contributed by atoms with Gasteiger partial charge in [-0.1, -0.05) is 43.0 Å². The lowest BCUT2D eigenvalue weighted by Crippen LogP contribution is -2.25. The van der Waals surface area contributed by atoms with E-state index < -0.39 is 0 Å². The number of fused-ring (bicyclic) bond motifs is 1. The zero-order valence-electron chi connectivity index (χ0n) is 20.0. The van der Waals surface area contributed by atoms with Gasteiger partial charge in [0.1, 0.15) is 13.2 Å². The molecule has 0 fully saturated rings. The van der Waals surface area contributed by atoms with Crippen LogP contribution in [0.5, 0.6) is 11.5 Å². The third-order valence-corrected chi connectivity index (χ3v) is 5.22. The van der Waals surface area contributed by atoms with Crippen molar-refractivity contribution in [3.05, 3.63) is 65.7 Å². The average Bonchev–Trinajstić information content (AvgIpc) is 2.87. The van der Waals surface area contributed by atoms with Crippen molar-refractivity contribution in [2.75, 3.05) is 72.6 Å². The molecule has 1 heterocycles. The first-order valence-corrected chi connectivity index (χ1v) is 12.0. The molecule has 0 spiro atoms. The normalized spacial score (nSPS) is 16.8. The van der Waals surface area contributed by atoms with Crippen LogP contribution < -0.4 is 14.8 Å². The zero-order valence-corrected chi connectivity index (χ0v) is 20.0. The Balaban J connectivity index is 1.49. The van der Waals surface area contributed by atoms with Crippen molar-refractivity contribution >= 4 is 6.08 Å². The molecule has 2 aromatic rings. The van der Waals surface area contributed by atoms with Gasteiger partial charge in [0.2, 0.25) is 0 Å². The Morgan fingerprint density at radius 1 is 0.735 bits per heavy atom. The fraction of sp³-hybridized carbons (Fsp3) is 0.481. The smallest absolute Gasteiger partial charge is 0.161 e. The van der Waals surface area contributed by atoms with Gasteiger partial charge in [0, 0.05) is 13.1 Å². The van der Waals surface area contributed by atoms with E-state index in [2.05, 4.69) is 30.1 Å². The minimum atomic E-state index is 0.449. The Kier molecular flexibility index (Phi) is 12.5. The Morgan fingerprint density at radius 3 is 2.15 bits per heavy atom. The summed E-state index contributed by atoms with van der Waals surface area (Å²) in [6.45, 7) is 10.8. The summed E-state index contributed by atoms with van der Waals surface area (Å²) < 4.78 is 34.4. The second-order valence-electron chi connectivity index (χ2n) is 7.81. The van der Waals surface area contributed by atoms with Crippen LogP contribution in [-0.4, -0.2) is 72.6 Å². The van der Waals surface area contributed by atoms with E-state index in [0.29, 0.717) is 66.1 Å². The Morgan fingerprint density at radius 2 is 1.38 bits per heavy atom. The van der Waals surface area contributed by atoms with Gasteiger partial charge in [-0.05, 0) is 35.2 Å². The second kappa shape index (κ2) is 16.2. The van der Waals surface area contributed by atoms with Crippen molar-refractivity contribution in [2.24, 2.45) is 0 Å². The Labute approximate surface area is 202 Å². The minimum Gasteiger partial charge on any atom is -0.488 e. The first-order valence-electron chi connectivity index (χ1n) is 12.0. The number of ether oxygens (including phenoxy) is 6. The molecule has 1 N–H and O–H groups in total. The Hall–Kier alpha value is -2.42. The van der Waals surface area contributed by atoms with Gasteiger partial charge in [-0.15, -0.1) is 0 Å². The maximum atomic E-state index is 6.03. The lowest BCUT2D eigenvalue weighted by Gasteiger charge is -2.15. The molecule has 186 valence electrons. The summed E-state index contributed by atoms with van der Waals surface area (Å²) in [6, 6.07) is 14.3. The van der Waals surface area contributed by atoms with E-state index in [9.17, 15) is 0 Å². The number of hydrogen-bond acceptors (Lipinski definition) is 7. The van der Waals surface area contributed by atoms with E-state index in [1.165, 1.54) is 0 Å². The molecule has 2 aromatic carbocycles. The molecule has 0 radical (unpaired) electrons. The molecule has 0 amide bonds. The predicted octanol–water partition coefficient (Wildman–Crippen LogP) is 3.50. The molecule has 1 aliphatic heterocycles. The van der Waals surface area contributed by atoms with Crippen molar-refractivity contribution in [1.29, 1.82) is 0 Å². The molecule has 0 atom stereocenters. The molecule has 3 rings (SSSR count). The van der Waals surface area contributed by atoms with E-state index in [1.807, 2.05) is 30.3 Å². The molecular formula is C27H37NO6. The van der Waals surface area contributed by atoms with Crippen LogP contribution in [-0.2, 0) is 32.0 Å². The van der Waals surface area contributed by atoms with E-state index >= 15 is 0 Å². The topological polar surface area (TPSA) is 67.4 Å². The van der Waals surface area contributed by atoms with Crippen LogP contribution in [0.4, 0.5) is 0 Å². The second-order valence-corrected chi connectivity index (χ2v) is 7.81. The van der Waals surface area contributed by atoms with Crippen LogP contribution in [0.3, 0.4) is 0 Å². The van der Waals surface area contributed by atoms with Crippen LogP contribution >= 0.6 is 0 Å². The fourth-order valence-electron chi connectivity index (χ4n) is 3.32. The third kappa shape index (κ3) is 10.2. The molecule has 7 heteroatoms. The molecule has 0 aliphatic carbocycles. The molecule has 34 heavy (non-hydrogen) atoms. The van der Waals surface area contributed by atoms with Gasteiger partial charge in [0.25, 0.3) is 0 Å². The van der Waals surface area contributed by atoms with Crippen molar-refractivity contribution < 1.29 is 28.4 Å². The highest BCUT2D eigenvalue weighted by Gasteiger charge is 2.08. The van der Waals surface area contributed by atoms with E-state index in [1.54, 1.807) is 0 Å². The maximum Gasteiger partial charge on any atom is 0.161 e. The summed E-state index contributed by atoms with van der Waals surface area (Å²) >= 11 is 0. The van der Waals surface area contributed by atoms with Gasteiger partial charge in [0.05, 0.1) is 52.9 Å². The Bertz CT molecular complexity index is 826. The van der Waals surface area contributed by atoms with E-state index in [-0.39, 0.29) is 0 Å². The molecular weight excluding hydrogens is 434 g/mol. The summed E-state index contributed by atoms with van der Waals surface area (Å²) in [5, 5.41) is 3.32. The molecule has 1 aliphatic rings. The summed E-state index contributed by atoms with van der Waals surface area (Å²) in [7, 11) is 0. The fourth-order valence-corrected chi connectivity index (χ4v) is 3.32. The standard InChI is InChI=1S/C27H37NO6/c1-2-23-3-5-25(6-4-23)22-32-12-9-24-7-8-26-27(21-24)33-14-11-28-10-13-29-15-16-30-17-18-31-19-20-34-26/h2-8,21,28H,1,9-20,22H2. The molecule has 0 unspecified atom stereocenters. The van der Waals surface area contributed by atoms with Crippen LogP contribution in [0.25, 0.3) is 6.08 Å². The lowest BCUT2D eigenvalue weighted by molar-refractivity contribution is 0.00937. The number of rotatable bonds is 6. The summed E-state index contributed by atoms with van der Waals surface area (Å²) in [4.78, 5) is 0. The number of hydrogen-bond donors (Lipinski definition) is 1. The summed E-state index contributed by atoms with van der Waals surface area (Å²) in [6.07, 6.45) is 2.63. The van der Waals surface area contributed by atoms with Gasteiger partial charge in [-0.3, -0.25) is 0 Å². The van der Waals surface area contributed by atoms with Crippen LogP contribution in [0, 0.1) is 0 Å². The first-order chi connectivity index (χ1) is 16.8. The first kappa shape index (κ1) is 26.2. The molecule has 7 nitrogen and oxygen atoms in total. The summed E-state index contributed by atoms with van der Waals surface area (Å²) in [5.74, 6) is 1.45. The maximum absolute atomic E-state index is 6.03. The summed E-state index contributed by atoms with van der Waals surface area (Å²) in [5.41, 5.74) is 3.40. The number of nitrogens with one attached hydrogen (secondary N) is 1. The van der Waals surface area contributed by atoms with Crippen molar-refractivity contribution in [2.45, 2.75) is 13.0 Å². The highest BCUT2D eigenvalue weighted by Crippen LogP contribution is 2.28. The van der Waals surface area contributed by atoms with Crippen LogP contribution in [0.15, 0.2) is 49.0 Å². The molecule has 0 aromatic heterocycles. The van der Waals surface area contributed by atoms with Gasteiger partial charge >= 0.3 is 0 Å². The molecule has 0 saturated heterocycles. The van der Waals surface area contributed by atoms with Crippen molar-refractivity contribution in [3.63, 3.8) is 0 Å².